The minimum absolute atomic E-state index is 0.262. The highest BCUT2D eigenvalue weighted by Gasteiger charge is 2.33. The molecule has 0 aromatic carbocycles. The van der Waals surface area contributed by atoms with Crippen LogP contribution in [0.15, 0.2) is 0 Å². The molecule has 1 nitrogen and oxygen atoms in total. The molecule has 0 bridgehead atoms. The molecule has 1 atom stereocenters. The highest BCUT2D eigenvalue weighted by atomic mass is 15.1. The van der Waals surface area contributed by atoms with Gasteiger partial charge >= 0.3 is 0 Å². The van der Waals surface area contributed by atoms with Gasteiger partial charge in [-0.1, -0.05) is 13.8 Å². The Hall–Kier alpha value is 0.0249. The lowest BCUT2D eigenvalue weighted by Gasteiger charge is -2.26. The molecule has 0 amide bonds. The molecule has 1 aliphatic rings. The van der Waals surface area contributed by atoms with Gasteiger partial charge in [0.1, 0.15) is 0 Å². The zero-order valence-corrected chi connectivity index (χ0v) is 6.52. The third kappa shape index (κ3) is 1.13. The van der Waals surface area contributed by atoms with Gasteiger partial charge in [-0.3, -0.25) is 0 Å². The maximum absolute atomic E-state index is 5.88. The highest BCUT2D eigenvalue weighted by Crippen LogP contribution is 2.32. The maximum Gasteiger partial charge on any atom is 0.0917 e. The summed E-state index contributed by atoms with van der Waals surface area (Å²) >= 11 is 0. The van der Waals surface area contributed by atoms with Gasteiger partial charge in [-0.05, 0) is 31.4 Å². The Bertz CT molecular complexity index is 111. The largest absolute Gasteiger partial charge is 0.312 e. The van der Waals surface area contributed by atoms with Crippen LogP contribution >= 0.6 is 0 Å². The molecule has 2 heteroatoms. The molecule has 9 heavy (non-hydrogen) atoms. The summed E-state index contributed by atoms with van der Waals surface area (Å²) in [6.07, 6.45) is 1.23. The lowest BCUT2D eigenvalue weighted by Crippen LogP contribution is -2.34. The molecule has 50 valence electrons. The topological polar surface area (TPSA) is 3.24 Å². The van der Waals surface area contributed by atoms with Crippen LogP contribution in [-0.2, 0) is 0 Å². The van der Waals surface area contributed by atoms with Crippen LogP contribution in [0.25, 0.3) is 0 Å². The molecule has 1 rings (SSSR count). The first-order valence-electron chi connectivity index (χ1n) is 3.50. The summed E-state index contributed by atoms with van der Waals surface area (Å²) in [5, 5.41) is 0. The second-order valence-electron chi connectivity index (χ2n) is 3.66. The van der Waals surface area contributed by atoms with E-state index in [1.54, 1.807) is 0 Å². The molecule has 0 aromatic rings. The van der Waals surface area contributed by atoms with Crippen molar-refractivity contribution in [3.63, 3.8) is 0 Å². The normalized spacial score (nSPS) is 35.2. The first-order valence-corrected chi connectivity index (χ1v) is 3.50. The van der Waals surface area contributed by atoms with Gasteiger partial charge in [0.25, 0.3) is 0 Å². The van der Waals surface area contributed by atoms with Crippen molar-refractivity contribution < 1.29 is 0 Å². The molecular weight excluding hydrogens is 109 g/mol. The second-order valence-corrected chi connectivity index (χ2v) is 3.66. The Morgan fingerprint density at radius 2 is 2.11 bits per heavy atom. The summed E-state index contributed by atoms with van der Waals surface area (Å²) in [7, 11) is 7.96. The van der Waals surface area contributed by atoms with E-state index in [-0.39, 0.29) is 5.94 Å². The van der Waals surface area contributed by atoms with Crippen molar-refractivity contribution in [3.8, 4) is 0 Å². The monoisotopic (exact) mass is 123 g/mol. The zero-order chi connectivity index (χ0) is 7.07. The number of rotatable bonds is 0. The van der Waals surface area contributed by atoms with E-state index in [4.69, 9.17) is 7.85 Å². The SMILES string of the molecule is [B]C1N(C)CCC1(C)C. The van der Waals surface area contributed by atoms with E-state index in [9.17, 15) is 0 Å². The molecule has 0 aliphatic carbocycles. The second kappa shape index (κ2) is 2.01. The molecule has 1 fully saturated rings. The number of likely N-dealkylation sites (tertiary alicyclic amines) is 1. The van der Waals surface area contributed by atoms with E-state index < -0.39 is 0 Å². The highest BCUT2D eigenvalue weighted by molar-refractivity contribution is 6.12. The summed E-state index contributed by atoms with van der Waals surface area (Å²) in [6, 6.07) is 0. The Balaban J connectivity index is 2.62. The van der Waals surface area contributed by atoms with Crippen molar-refractivity contribution in [3.05, 3.63) is 0 Å². The van der Waals surface area contributed by atoms with Gasteiger partial charge in [-0.25, -0.2) is 0 Å². The van der Waals surface area contributed by atoms with Crippen molar-refractivity contribution in [2.75, 3.05) is 13.6 Å². The van der Waals surface area contributed by atoms with Crippen molar-refractivity contribution in [2.24, 2.45) is 5.41 Å². The lowest BCUT2D eigenvalue weighted by molar-refractivity contribution is 0.293. The number of hydrogen-bond donors (Lipinski definition) is 0. The Morgan fingerprint density at radius 3 is 2.22 bits per heavy atom. The van der Waals surface area contributed by atoms with Crippen LogP contribution in [0.2, 0.25) is 0 Å². The molecule has 0 saturated carbocycles. The molecule has 2 radical (unpaired) electrons. The smallest absolute Gasteiger partial charge is 0.0917 e. The maximum atomic E-state index is 5.88. The predicted molar refractivity (Wildman–Crippen MR) is 40.6 cm³/mol. The predicted octanol–water partition coefficient (Wildman–Crippen LogP) is 0.843. The molecule has 0 spiro atoms. The van der Waals surface area contributed by atoms with E-state index in [1.165, 1.54) is 6.42 Å². The van der Waals surface area contributed by atoms with Gasteiger partial charge in [0, 0.05) is 0 Å². The minimum atomic E-state index is 0.262. The molecule has 1 unspecified atom stereocenters. The van der Waals surface area contributed by atoms with Gasteiger partial charge in [-0.15, -0.1) is 0 Å². The van der Waals surface area contributed by atoms with Crippen LogP contribution < -0.4 is 0 Å². The summed E-state index contributed by atoms with van der Waals surface area (Å²) in [6.45, 7) is 5.59. The van der Waals surface area contributed by atoms with Crippen LogP contribution in [0.5, 0.6) is 0 Å². The van der Waals surface area contributed by atoms with Crippen LogP contribution in [0.4, 0.5) is 0 Å². The Morgan fingerprint density at radius 1 is 1.56 bits per heavy atom. The lowest BCUT2D eigenvalue weighted by atomic mass is 9.74. The van der Waals surface area contributed by atoms with Gasteiger partial charge in [0.15, 0.2) is 0 Å². The first-order chi connectivity index (χ1) is 4.04. The van der Waals surface area contributed by atoms with Crippen LogP contribution in [0.3, 0.4) is 0 Å². The Kier molecular flexibility index (Phi) is 1.60. The first kappa shape index (κ1) is 7.14. The number of nitrogens with zero attached hydrogens (tertiary/aromatic N) is 1. The van der Waals surface area contributed by atoms with Crippen molar-refractivity contribution >= 4 is 7.85 Å². The standard InChI is InChI=1S/C7H14BN/c1-7(2)4-5-9(3)6(7)8/h6H,4-5H2,1-3H3. The van der Waals surface area contributed by atoms with E-state index in [0.29, 0.717) is 5.41 Å². The van der Waals surface area contributed by atoms with Crippen LogP contribution in [0, 0.1) is 5.41 Å². The fraction of sp³-hybridized carbons (Fsp3) is 1.00. The van der Waals surface area contributed by atoms with E-state index in [2.05, 4.69) is 25.8 Å². The zero-order valence-electron chi connectivity index (χ0n) is 6.52. The quantitative estimate of drug-likeness (QED) is 0.431. The van der Waals surface area contributed by atoms with Crippen LogP contribution in [0.1, 0.15) is 20.3 Å². The third-order valence-electron chi connectivity index (χ3n) is 2.38. The van der Waals surface area contributed by atoms with Gasteiger partial charge in [0.05, 0.1) is 7.85 Å². The summed E-state index contributed by atoms with van der Waals surface area (Å²) < 4.78 is 0. The van der Waals surface area contributed by atoms with Crippen molar-refractivity contribution in [1.29, 1.82) is 0 Å². The fourth-order valence-corrected chi connectivity index (χ4v) is 1.35. The summed E-state index contributed by atoms with van der Waals surface area (Å²) in [5.74, 6) is 0.262. The molecule has 1 saturated heterocycles. The van der Waals surface area contributed by atoms with Crippen molar-refractivity contribution in [1.82, 2.24) is 4.90 Å². The van der Waals surface area contributed by atoms with Gasteiger partial charge < -0.3 is 4.90 Å². The average Bonchev–Trinajstić information content (AvgIpc) is 1.97. The minimum Gasteiger partial charge on any atom is -0.312 e. The van der Waals surface area contributed by atoms with E-state index >= 15 is 0 Å². The summed E-state index contributed by atoms with van der Waals surface area (Å²) in [5.41, 5.74) is 0.328. The molecule has 0 N–H and O–H groups in total. The van der Waals surface area contributed by atoms with Gasteiger partial charge in [-0.2, -0.15) is 0 Å². The number of hydrogen-bond acceptors (Lipinski definition) is 1. The van der Waals surface area contributed by atoms with Crippen molar-refractivity contribution in [2.45, 2.75) is 26.2 Å². The molecule has 0 aromatic heterocycles. The molecular formula is C7H14BN. The van der Waals surface area contributed by atoms with Gasteiger partial charge in [0.2, 0.25) is 0 Å². The molecule has 1 heterocycles. The third-order valence-corrected chi connectivity index (χ3v) is 2.38. The van der Waals surface area contributed by atoms with E-state index in [0.717, 1.165) is 6.54 Å². The average molecular weight is 123 g/mol. The molecule has 1 aliphatic heterocycles. The van der Waals surface area contributed by atoms with E-state index in [1.807, 2.05) is 0 Å². The fourth-order valence-electron chi connectivity index (χ4n) is 1.35. The Labute approximate surface area is 58.8 Å². The summed E-state index contributed by atoms with van der Waals surface area (Å²) in [4.78, 5) is 2.21. The van der Waals surface area contributed by atoms with Crippen LogP contribution in [-0.4, -0.2) is 32.3 Å².